The lowest BCUT2D eigenvalue weighted by Gasteiger charge is -2.01. The quantitative estimate of drug-likeness (QED) is 0.602. The number of nitrogens with one attached hydrogen (secondary N) is 1. The number of halogens is 1. The summed E-state index contributed by atoms with van der Waals surface area (Å²) in [5.74, 6) is -0.503. The van der Waals surface area contributed by atoms with Gasteiger partial charge in [-0.3, -0.25) is 9.78 Å². The van der Waals surface area contributed by atoms with Gasteiger partial charge in [0.2, 0.25) is 5.28 Å². The normalized spacial score (nSPS) is 10.4. The number of aromatic amines is 1. The lowest BCUT2D eigenvalue weighted by atomic mass is 10.1. The molecule has 1 heterocycles. The molecule has 2 rings (SSSR count). The van der Waals surface area contributed by atoms with Crippen molar-refractivity contribution in [3.8, 4) is 0 Å². The molecule has 1 aromatic heterocycles. The third-order valence-corrected chi connectivity index (χ3v) is 2.28. The molecule has 0 radical (unpaired) electrons. The number of benzene rings is 1. The van der Waals surface area contributed by atoms with Crippen LogP contribution in [-0.4, -0.2) is 23.0 Å². The minimum Gasteiger partial charge on any atom is -0.465 e. The highest BCUT2D eigenvalue weighted by molar-refractivity contribution is 6.28. The number of carbonyl (C=O) groups excluding carboxylic acids is 1. The number of nitrogens with zero attached hydrogens (tertiary/aromatic N) is 1. The molecule has 1 N–H and O–H groups in total. The maximum absolute atomic E-state index is 11.5. The minimum atomic E-state index is -0.503. The van der Waals surface area contributed by atoms with Gasteiger partial charge in [0.05, 0.1) is 23.6 Å². The maximum Gasteiger partial charge on any atom is 0.337 e. The van der Waals surface area contributed by atoms with Crippen LogP contribution in [0.25, 0.3) is 10.9 Å². The molecule has 82 valence electrons. The van der Waals surface area contributed by atoms with E-state index in [0.717, 1.165) is 0 Å². The predicted octanol–water partition coefficient (Wildman–Crippen LogP) is 1.36. The summed E-state index contributed by atoms with van der Waals surface area (Å²) in [6.07, 6.45) is 0. The topological polar surface area (TPSA) is 72.0 Å². The van der Waals surface area contributed by atoms with Gasteiger partial charge < -0.3 is 4.74 Å². The Kier molecular flexibility index (Phi) is 2.62. The summed E-state index contributed by atoms with van der Waals surface area (Å²) in [5.41, 5.74) is 0.340. The highest BCUT2D eigenvalue weighted by Gasteiger charge is 2.08. The molecule has 0 aliphatic rings. The van der Waals surface area contributed by atoms with Gasteiger partial charge >= 0.3 is 5.97 Å². The van der Waals surface area contributed by atoms with E-state index in [1.165, 1.54) is 19.2 Å². The molecule has 0 saturated heterocycles. The van der Waals surface area contributed by atoms with Crippen LogP contribution in [0.1, 0.15) is 10.4 Å². The molecule has 5 nitrogen and oxygen atoms in total. The molecule has 0 atom stereocenters. The Balaban J connectivity index is 2.71. The van der Waals surface area contributed by atoms with Crippen molar-refractivity contribution in [1.82, 2.24) is 9.97 Å². The fourth-order valence-corrected chi connectivity index (χ4v) is 1.53. The van der Waals surface area contributed by atoms with Crippen LogP contribution >= 0.6 is 11.6 Å². The lowest BCUT2D eigenvalue weighted by Crippen LogP contribution is -2.09. The van der Waals surface area contributed by atoms with E-state index in [9.17, 15) is 9.59 Å². The molecular weight excluding hydrogens is 232 g/mol. The summed E-state index contributed by atoms with van der Waals surface area (Å²) in [5, 5.41) is 0.315. The second kappa shape index (κ2) is 3.94. The second-order valence-corrected chi connectivity index (χ2v) is 3.44. The first-order chi connectivity index (χ1) is 7.61. The number of rotatable bonds is 1. The standard InChI is InChI=1S/C10H7ClN2O3/c1-16-9(15)5-2-3-7-6(4-5)8(14)13-10(11)12-7/h2-4H,1H3,(H,12,13,14). The minimum absolute atomic E-state index is 0.0170. The van der Waals surface area contributed by atoms with Gasteiger partial charge in [0.15, 0.2) is 0 Å². The zero-order chi connectivity index (χ0) is 11.7. The van der Waals surface area contributed by atoms with E-state index in [2.05, 4.69) is 14.7 Å². The van der Waals surface area contributed by atoms with Crippen molar-refractivity contribution in [2.45, 2.75) is 0 Å². The van der Waals surface area contributed by atoms with Gasteiger partial charge in [0.25, 0.3) is 5.56 Å². The Bertz CT molecular complexity index is 621. The molecule has 0 amide bonds. The summed E-state index contributed by atoms with van der Waals surface area (Å²) < 4.78 is 4.55. The molecule has 0 aliphatic carbocycles. The van der Waals surface area contributed by atoms with E-state index in [0.29, 0.717) is 16.5 Å². The molecule has 0 spiro atoms. The van der Waals surface area contributed by atoms with E-state index < -0.39 is 5.97 Å². The van der Waals surface area contributed by atoms with Crippen molar-refractivity contribution in [2.75, 3.05) is 7.11 Å². The van der Waals surface area contributed by atoms with Crippen LogP contribution in [0.3, 0.4) is 0 Å². The van der Waals surface area contributed by atoms with Crippen molar-refractivity contribution in [1.29, 1.82) is 0 Å². The van der Waals surface area contributed by atoms with Gasteiger partial charge in [-0.1, -0.05) is 0 Å². The van der Waals surface area contributed by atoms with Crippen LogP contribution in [0.15, 0.2) is 23.0 Å². The van der Waals surface area contributed by atoms with Crippen LogP contribution < -0.4 is 5.56 Å². The first-order valence-corrected chi connectivity index (χ1v) is 4.77. The Morgan fingerprint density at radius 2 is 2.25 bits per heavy atom. The van der Waals surface area contributed by atoms with Crippen molar-refractivity contribution in [3.63, 3.8) is 0 Å². The largest absolute Gasteiger partial charge is 0.465 e. The summed E-state index contributed by atoms with van der Waals surface area (Å²) in [6, 6.07) is 4.49. The molecule has 16 heavy (non-hydrogen) atoms. The summed E-state index contributed by atoms with van der Waals surface area (Å²) >= 11 is 5.60. The molecular formula is C10H7ClN2O3. The predicted molar refractivity (Wildman–Crippen MR) is 58.7 cm³/mol. The van der Waals surface area contributed by atoms with Gasteiger partial charge in [-0.25, -0.2) is 9.78 Å². The molecule has 2 aromatic rings. The average Bonchev–Trinajstić information content (AvgIpc) is 2.27. The average molecular weight is 239 g/mol. The number of H-pyrrole nitrogens is 1. The Morgan fingerprint density at radius 3 is 2.94 bits per heavy atom. The molecule has 1 aromatic carbocycles. The third-order valence-electron chi connectivity index (χ3n) is 2.10. The lowest BCUT2D eigenvalue weighted by molar-refractivity contribution is 0.0601. The Labute approximate surface area is 95.0 Å². The van der Waals surface area contributed by atoms with Gasteiger partial charge in [-0.05, 0) is 29.8 Å². The van der Waals surface area contributed by atoms with Gasteiger partial charge in [0, 0.05) is 0 Å². The molecule has 0 unspecified atom stereocenters. The van der Waals surface area contributed by atoms with Gasteiger partial charge in [-0.2, -0.15) is 0 Å². The van der Waals surface area contributed by atoms with Crippen LogP contribution in [-0.2, 0) is 4.74 Å². The zero-order valence-electron chi connectivity index (χ0n) is 8.28. The number of ether oxygens (including phenoxy) is 1. The summed E-state index contributed by atoms with van der Waals surface area (Å²) in [7, 11) is 1.27. The van der Waals surface area contributed by atoms with Crippen molar-refractivity contribution >= 4 is 28.5 Å². The highest BCUT2D eigenvalue weighted by Crippen LogP contribution is 2.12. The van der Waals surface area contributed by atoms with Crippen molar-refractivity contribution < 1.29 is 9.53 Å². The van der Waals surface area contributed by atoms with Crippen molar-refractivity contribution in [2.24, 2.45) is 0 Å². The molecule has 6 heteroatoms. The van der Waals surface area contributed by atoms with Crippen molar-refractivity contribution in [3.05, 3.63) is 39.4 Å². The summed E-state index contributed by atoms with van der Waals surface area (Å²) in [6.45, 7) is 0. The Hall–Kier alpha value is -1.88. The number of methoxy groups -OCH3 is 1. The van der Waals surface area contributed by atoms with Crippen LogP contribution in [0.2, 0.25) is 5.28 Å². The second-order valence-electron chi connectivity index (χ2n) is 3.08. The number of carbonyl (C=O) groups is 1. The van der Waals surface area contributed by atoms with Crippen LogP contribution in [0.5, 0.6) is 0 Å². The van der Waals surface area contributed by atoms with E-state index >= 15 is 0 Å². The molecule has 0 bridgehead atoms. The van der Waals surface area contributed by atoms with E-state index in [4.69, 9.17) is 11.6 Å². The smallest absolute Gasteiger partial charge is 0.337 e. The van der Waals surface area contributed by atoms with E-state index in [1.54, 1.807) is 6.07 Å². The SMILES string of the molecule is COC(=O)c1ccc2nc(Cl)[nH]c(=O)c2c1. The first kappa shape index (κ1) is 10.6. The third kappa shape index (κ3) is 1.77. The van der Waals surface area contributed by atoms with Gasteiger partial charge in [-0.15, -0.1) is 0 Å². The molecule has 0 fully saturated rings. The monoisotopic (exact) mass is 238 g/mol. The molecule has 0 saturated carbocycles. The molecule has 0 aliphatic heterocycles. The van der Waals surface area contributed by atoms with E-state index in [1.807, 2.05) is 0 Å². The fourth-order valence-electron chi connectivity index (χ4n) is 1.35. The fraction of sp³-hybridized carbons (Fsp3) is 0.100. The number of fused-ring (bicyclic) bond motifs is 1. The number of esters is 1. The first-order valence-electron chi connectivity index (χ1n) is 4.39. The van der Waals surface area contributed by atoms with Crippen LogP contribution in [0.4, 0.5) is 0 Å². The van der Waals surface area contributed by atoms with Crippen LogP contribution in [0, 0.1) is 0 Å². The summed E-state index contributed by atoms with van der Waals surface area (Å²) in [4.78, 5) is 29.0. The maximum atomic E-state index is 11.5. The van der Waals surface area contributed by atoms with Gasteiger partial charge in [0.1, 0.15) is 0 Å². The number of aromatic nitrogens is 2. The zero-order valence-corrected chi connectivity index (χ0v) is 9.04. The highest BCUT2D eigenvalue weighted by atomic mass is 35.5. The van der Waals surface area contributed by atoms with E-state index in [-0.39, 0.29) is 10.8 Å². The number of hydrogen-bond donors (Lipinski definition) is 1. The number of hydrogen-bond acceptors (Lipinski definition) is 4. The Morgan fingerprint density at radius 1 is 1.50 bits per heavy atom.